The van der Waals surface area contributed by atoms with E-state index >= 15 is 0 Å². The summed E-state index contributed by atoms with van der Waals surface area (Å²) in [4.78, 5) is 2.46. The first-order valence-electron chi connectivity index (χ1n) is 6.16. The lowest BCUT2D eigenvalue weighted by Gasteiger charge is -2.41. The van der Waals surface area contributed by atoms with E-state index in [2.05, 4.69) is 46.7 Å². The van der Waals surface area contributed by atoms with Gasteiger partial charge in [-0.15, -0.1) is 0 Å². The number of nitrogens with zero attached hydrogens (tertiary/aromatic N) is 1. The van der Waals surface area contributed by atoms with E-state index in [9.17, 15) is 0 Å². The smallest absolute Gasteiger partial charge is 0.0205 e. The van der Waals surface area contributed by atoms with Crippen LogP contribution in [0.2, 0.25) is 0 Å². The van der Waals surface area contributed by atoms with Gasteiger partial charge in [0, 0.05) is 5.54 Å². The Bertz CT molecular complexity index is 132. The van der Waals surface area contributed by atoms with E-state index < -0.39 is 0 Å². The minimum absolute atomic E-state index is 0.456. The molecule has 0 heterocycles. The van der Waals surface area contributed by atoms with Crippen LogP contribution in [0.4, 0.5) is 0 Å². The Morgan fingerprint density at radius 1 is 1.00 bits per heavy atom. The zero-order valence-electron chi connectivity index (χ0n) is 11.1. The Balaban J connectivity index is 4.55. The molecule has 0 saturated carbocycles. The summed E-state index contributed by atoms with van der Waals surface area (Å²) in [5.74, 6) is 0.801. The maximum atomic E-state index is 2.46. The third-order valence-electron chi connectivity index (χ3n) is 3.17. The van der Waals surface area contributed by atoms with Gasteiger partial charge in [0.25, 0.3) is 0 Å². The number of hydrogen-bond donors (Lipinski definition) is 0. The van der Waals surface area contributed by atoms with Gasteiger partial charge in [-0.2, -0.15) is 0 Å². The van der Waals surface area contributed by atoms with Crippen molar-refractivity contribution < 1.29 is 0 Å². The van der Waals surface area contributed by atoms with Crippen LogP contribution in [0.1, 0.15) is 59.8 Å². The number of hydrogen-bond acceptors (Lipinski definition) is 1. The molecule has 0 rings (SSSR count). The van der Waals surface area contributed by atoms with E-state index in [1.54, 1.807) is 0 Å². The Hall–Kier alpha value is -0.0400. The van der Waals surface area contributed by atoms with E-state index in [1.807, 2.05) is 0 Å². The molecule has 0 fully saturated rings. The molecule has 0 amide bonds. The van der Waals surface area contributed by atoms with Crippen molar-refractivity contribution in [1.29, 1.82) is 0 Å². The van der Waals surface area contributed by atoms with Crippen molar-refractivity contribution in [3.05, 3.63) is 0 Å². The van der Waals surface area contributed by atoms with Gasteiger partial charge in [-0.05, 0) is 39.3 Å². The molecule has 86 valence electrons. The van der Waals surface area contributed by atoms with Gasteiger partial charge in [-0.25, -0.2) is 0 Å². The summed E-state index contributed by atoms with van der Waals surface area (Å²) >= 11 is 0. The molecule has 0 aromatic rings. The third-order valence-corrected chi connectivity index (χ3v) is 3.17. The molecule has 0 aliphatic heterocycles. The fourth-order valence-electron chi connectivity index (χ4n) is 2.65. The zero-order chi connectivity index (χ0) is 11.2. The van der Waals surface area contributed by atoms with Crippen molar-refractivity contribution in [2.75, 3.05) is 14.1 Å². The van der Waals surface area contributed by atoms with Gasteiger partial charge < -0.3 is 4.90 Å². The van der Waals surface area contributed by atoms with Crippen LogP contribution in [0.5, 0.6) is 0 Å². The molecule has 0 aromatic heterocycles. The quantitative estimate of drug-likeness (QED) is 0.600. The van der Waals surface area contributed by atoms with Gasteiger partial charge in [-0.1, -0.05) is 40.5 Å². The molecule has 0 radical (unpaired) electrons. The standard InChI is InChI=1S/C13H29N/c1-7-9-13(10-8-2,14(5)6)11-12(3)4/h12H,7-11H2,1-6H3. The molecular formula is C13H29N. The lowest BCUT2D eigenvalue weighted by molar-refractivity contribution is 0.0978. The SMILES string of the molecule is CCCC(CCC)(CC(C)C)N(C)C. The Morgan fingerprint density at radius 3 is 1.64 bits per heavy atom. The van der Waals surface area contributed by atoms with Gasteiger partial charge >= 0.3 is 0 Å². The van der Waals surface area contributed by atoms with E-state index in [4.69, 9.17) is 0 Å². The van der Waals surface area contributed by atoms with E-state index in [-0.39, 0.29) is 0 Å². The molecule has 0 aromatic carbocycles. The van der Waals surface area contributed by atoms with Crippen molar-refractivity contribution in [2.24, 2.45) is 5.92 Å². The van der Waals surface area contributed by atoms with E-state index in [0.717, 1.165) is 5.92 Å². The van der Waals surface area contributed by atoms with Gasteiger partial charge in [0.15, 0.2) is 0 Å². The van der Waals surface area contributed by atoms with Crippen LogP contribution < -0.4 is 0 Å². The highest BCUT2D eigenvalue weighted by Gasteiger charge is 2.31. The van der Waals surface area contributed by atoms with Crippen molar-refractivity contribution in [3.63, 3.8) is 0 Å². The first-order chi connectivity index (χ1) is 6.48. The maximum absolute atomic E-state index is 2.46. The summed E-state index contributed by atoms with van der Waals surface area (Å²) < 4.78 is 0. The lowest BCUT2D eigenvalue weighted by atomic mass is 9.80. The fraction of sp³-hybridized carbons (Fsp3) is 1.00. The van der Waals surface area contributed by atoms with Crippen molar-refractivity contribution >= 4 is 0 Å². The molecule has 0 aliphatic carbocycles. The van der Waals surface area contributed by atoms with Crippen LogP contribution in [0.25, 0.3) is 0 Å². The molecule has 1 heteroatoms. The largest absolute Gasteiger partial charge is 0.304 e. The highest BCUT2D eigenvalue weighted by atomic mass is 15.1. The highest BCUT2D eigenvalue weighted by molar-refractivity contribution is 4.87. The Morgan fingerprint density at radius 2 is 1.43 bits per heavy atom. The summed E-state index contributed by atoms with van der Waals surface area (Å²) in [5.41, 5.74) is 0.456. The van der Waals surface area contributed by atoms with Crippen molar-refractivity contribution in [3.8, 4) is 0 Å². The summed E-state index contributed by atoms with van der Waals surface area (Å²) in [6.45, 7) is 9.27. The average molecular weight is 199 g/mol. The van der Waals surface area contributed by atoms with Gasteiger partial charge in [0.05, 0.1) is 0 Å². The maximum Gasteiger partial charge on any atom is 0.0205 e. The van der Waals surface area contributed by atoms with Crippen LogP contribution in [-0.2, 0) is 0 Å². The highest BCUT2D eigenvalue weighted by Crippen LogP contribution is 2.31. The second-order valence-electron chi connectivity index (χ2n) is 5.22. The zero-order valence-corrected chi connectivity index (χ0v) is 11.1. The molecule has 0 N–H and O–H groups in total. The average Bonchev–Trinajstić information content (AvgIpc) is 2.03. The van der Waals surface area contributed by atoms with Gasteiger partial charge in [0.2, 0.25) is 0 Å². The van der Waals surface area contributed by atoms with Crippen molar-refractivity contribution in [2.45, 2.75) is 65.3 Å². The second kappa shape index (κ2) is 6.44. The topological polar surface area (TPSA) is 3.24 Å². The van der Waals surface area contributed by atoms with Crippen LogP contribution in [-0.4, -0.2) is 24.5 Å². The molecule has 0 saturated heterocycles. The molecule has 0 unspecified atom stereocenters. The molecule has 1 nitrogen and oxygen atoms in total. The lowest BCUT2D eigenvalue weighted by Crippen LogP contribution is -2.45. The third kappa shape index (κ3) is 4.00. The van der Waals surface area contributed by atoms with E-state index in [1.165, 1.54) is 32.1 Å². The molecule has 0 spiro atoms. The van der Waals surface area contributed by atoms with Crippen molar-refractivity contribution in [1.82, 2.24) is 4.90 Å². The fourth-order valence-corrected chi connectivity index (χ4v) is 2.65. The molecule has 14 heavy (non-hydrogen) atoms. The molecule has 0 aliphatic rings. The van der Waals surface area contributed by atoms with E-state index in [0.29, 0.717) is 5.54 Å². The molecular weight excluding hydrogens is 170 g/mol. The monoisotopic (exact) mass is 199 g/mol. The summed E-state index contributed by atoms with van der Waals surface area (Å²) in [5, 5.41) is 0. The predicted octanol–water partition coefficient (Wildman–Crippen LogP) is 3.93. The number of rotatable bonds is 7. The minimum atomic E-state index is 0.456. The Kier molecular flexibility index (Phi) is 6.43. The van der Waals surface area contributed by atoms with Crippen LogP contribution in [0.15, 0.2) is 0 Å². The van der Waals surface area contributed by atoms with Crippen LogP contribution in [0, 0.1) is 5.92 Å². The van der Waals surface area contributed by atoms with Gasteiger partial charge in [0.1, 0.15) is 0 Å². The summed E-state index contributed by atoms with van der Waals surface area (Å²) in [6, 6.07) is 0. The predicted molar refractivity (Wildman–Crippen MR) is 65.7 cm³/mol. The van der Waals surface area contributed by atoms with Gasteiger partial charge in [-0.3, -0.25) is 0 Å². The van der Waals surface area contributed by atoms with Crippen LogP contribution in [0.3, 0.4) is 0 Å². The molecule has 0 bridgehead atoms. The Labute approximate surface area is 90.9 Å². The minimum Gasteiger partial charge on any atom is -0.304 e. The second-order valence-corrected chi connectivity index (χ2v) is 5.22. The first kappa shape index (κ1) is 14.0. The van der Waals surface area contributed by atoms with Crippen LogP contribution >= 0.6 is 0 Å². The first-order valence-corrected chi connectivity index (χ1v) is 6.16. The summed E-state index contributed by atoms with van der Waals surface area (Å²) in [7, 11) is 4.49. The molecule has 0 atom stereocenters. The summed E-state index contributed by atoms with van der Waals surface area (Å²) in [6.07, 6.45) is 6.61. The normalized spacial score (nSPS) is 12.9.